The molecule has 3 N–H and O–H groups in total. The van der Waals surface area contributed by atoms with Crippen LogP contribution in [0.5, 0.6) is 0 Å². The van der Waals surface area contributed by atoms with Gasteiger partial charge in [0.2, 0.25) is 5.91 Å². The SMILES string of the molecule is CCCCCCCC(=O)Nc1cc(N)c(F)cc1F. The van der Waals surface area contributed by atoms with Crippen molar-refractivity contribution in [3.8, 4) is 0 Å². The van der Waals surface area contributed by atoms with Gasteiger partial charge in [-0.25, -0.2) is 8.78 Å². The summed E-state index contributed by atoms with van der Waals surface area (Å²) in [4.78, 5) is 11.6. The predicted molar refractivity (Wildman–Crippen MR) is 72.8 cm³/mol. The highest BCUT2D eigenvalue weighted by Crippen LogP contribution is 2.21. The van der Waals surface area contributed by atoms with Crippen LogP contribution in [0.3, 0.4) is 0 Å². The Morgan fingerprint density at radius 2 is 1.84 bits per heavy atom. The van der Waals surface area contributed by atoms with Gasteiger partial charge < -0.3 is 11.1 Å². The summed E-state index contributed by atoms with van der Waals surface area (Å²) in [5, 5.41) is 2.41. The van der Waals surface area contributed by atoms with Gasteiger partial charge >= 0.3 is 0 Å². The summed E-state index contributed by atoms with van der Waals surface area (Å²) in [6.45, 7) is 2.12. The Morgan fingerprint density at radius 3 is 2.53 bits per heavy atom. The van der Waals surface area contributed by atoms with Gasteiger partial charge in [-0.3, -0.25) is 4.79 Å². The molecule has 0 heterocycles. The fraction of sp³-hybridized carbons (Fsp3) is 0.500. The summed E-state index contributed by atoms with van der Waals surface area (Å²) in [6, 6.07) is 1.77. The maximum atomic E-state index is 13.4. The minimum Gasteiger partial charge on any atom is -0.396 e. The zero-order chi connectivity index (χ0) is 14.3. The van der Waals surface area contributed by atoms with Crippen LogP contribution in [0.4, 0.5) is 20.2 Å². The molecule has 1 rings (SSSR count). The highest BCUT2D eigenvalue weighted by molar-refractivity contribution is 5.91. The van der Waals surface area contributed by atoms with Crippen molar-refractivity contribution in [3.63, 3.8) is 0 Å². The molecular formula is C14H20F2N2O. The van der Waals surface area contributed by atoms with Gasteiger partial charge in [0.25, 0.3) is 0 Å². The van der Waals surface area contributed by atoms with Crippen molar-refractivity contribution in [1.82, 2.24) is 0 Å². The molecule has 1 aromatic carbocycles. The second kappa shape index (κ2) is 7.71. The first kappa shape index (κ1) is 15.4. The molecule has 5 heteroatoms. The average molecular weight is 270 g/mol. The molecule has 3 nitrogen and oxygen atoms in total. The molecule has 0 fully saturated rings. The van der Waals surface area contributed by atoms with Gasteiger partial charge in [-0.1, -0.05) is 32.6 Å². The van der Waals surface area contributed by atoms with E-state index in [4.69, 9.17) is 5.73 Å². The van der Waals surface area contributed by atoms with E-state index in [-0.39, 0.29) is 17.3 Å². The van der Waals surface area contributed by atoms with E-state index in [0.29, 0.717) is 12.5 Å². The largest absolute Gasteiger partial charge is 0.396 e. The highest BCUT2D eigenvalue weighted by atomic mass is 19.1. The molecule has 106 valence electrons. The number of anilines is 2. The van der Waals surface area contributed by atoms with Crippen LogP contribution in [0.1, 0.15) is 45.4 Å². The van der Waals surface area contributed by atoms with Crippen molar-refractivity contribution in [2.45, 2.75) is 45.4 Å². The molecule has 1 amide bonds. The maximum absolute atomic E-state index is 13.4. The van der Waals surface area contributed by atoms with Crippen molar-refractivity contribution in [2.75, 3.05) is 11.1 Å². The van der Waals surface area contributed by atoms with Crippen molar-refractivity contribution in [3.05, 3.63) is 23.8 Å². The van der Waals surface area contributed by atoms with E-state index in [1.54, 1.807) is 0 Å². The van der Waals surface area contributed by atoms with Crippen LogP contribution in [0.2, 0.25) is 0 Å². The zero-order valence-corrected chi connectivity index (χ0v) is 11.1. The lowest BCUT2D eigenvalue weighted by atomic mass is 10.1. The fourth-order valence-corrected chi connectivity index (χ4v) is 1.76. The number of hydrogen-bond donors (Lipinski definition) is 2. The van der Waals surface area contributed by atoms with Crippen LogP contribution in [0.15, 0.2) is 12.1 Å². The minimum atomic E-state index is -0.824. The van der Waals surface area contributed by atoms with E-state index >= 15 is 0 Å². The van der Waals surface area contributed by atoms with Gasteiger partial charge in [-0.05, 0) is 12.5 Å². The third kappa shape index (κ3) is 5.24. The summed E-state index contributed by atoms with van der Waals surface area (Å²) in [5.74, 6) is -1.91. The lowest BCUT2D eigenvalue weighted by Gasteiger charge is -2.08. The number of amides is 1. The molecule has 0 saturated carbocycles. The van der Waals surface area contributed by atoms with Crippen molar-refractivity contribution >= 4 is 17.3 Å². The zero-order valence-electron chi connectivity index (χ0n) is 11.1. The Kier molecular flexibility index (Phi) is 6.25. The third-order valence-corrected chi connectivity index (χ3v) is 2.87. The highest BCUT2D eigenvalue weighted by Gasteiger charge is 2.10. The van der Waals surface area contributed by atoms with E-state index in [2.05, 4.69) is 12.2 Å². The molecule has 0 aliphatic rings. The number of nitrogens with one attached hydrogen (secondary N) is 1. The van der Waals surface area contributed by atoms with Gasteiger partial charge in [0, 0.05) is 12.5 Å². The Balaban J connectivity index is 2.42. The van der Waals surface area contributed by atoms with Crippen LogP contribution in [0, 0.1) is 11.6 Å². The van der Waals surface area contributed by atoms with E-state index in [1.807, 2.05) is 0 Å². The fourth-order valence-electron chi connectivity index (χ4n) is 1.76. The molecule has 0 spiro atoms. The number of benzene rings is 1. The summed E-state index contributed by atoms with van der Waals surface area (Å²) in [5.41, 5.74) is 5.07. The number of carbonyl (C=O) groups excluding carboxylic acids is 1. The molecule has 0 unspecified atom stereocenters. The lowest BCUT2D eigenvalue weighted by Crippen LogP contribution is -2.13. The standard InChI is InChI=1S/C14H20F2N2O/c1-2-3-4-5-6-7-14(19)18-13-9-12(17)10(15)8-11(13)16/h8-9H,2-7,17H2,1H3,(H,18,19). The van der Waals surface area contributed by atoms with Gasteiger partial charge in [0.1, 0.15) is 11.6 Å². The van der Waals surface area contributed by atoms with E-state index in [1.165, 1.54) is 0 Å². The quantitative estimate of drug-likeness (QED) is 0.584. The summed E-state index contributed by atoms with van der Waals surface area (Å²) < 4.78 is 26.3. The monoisotopic (exact) mass is 270 g/mol. The van der Waals surface area contributed by atoms with Crippen molar-refractivity contribution < 1.29 is 13.6 Å². The third-order valence-electron chi connectivity index (χ3n) is 2.87. The predicted octanol–water partition coefficient (Wildman–Crippen LogP) is 3.85. The molecule has 0 aliphatic heterocycles. The molecule has 0 bridgehead atoms. The van der Waals surface area contributed by atoms with Gasteiger partial charge in [-0.2, -0.15) is 0 Å². The molecule has 19 heavy (non-hydrogen) atoms. The second-order valence-corrected chi connectivity index (χ2v) is 4.57. The number of nitrogens with two attached hydrogens (primary N) is 1. The Hall–Kier alpha value is -1.65. The number of carbonyl (C=O) groups is 1. The van der Waals surface area contributed by atoms with Crippen molar-refractivity contribution in [2.24, 2.45) is 0 Å². The summed E-state index contributed by atoms with van der Waals surface area (Å²) in [6.07, 6.45) is 5.48. The second-order valence-electron chi connectivity index (χ2n) is 4.57. The first-order valence-electron chi connectivity index (χ1n) is 6.59. The van der Waals surface area contributed by atoms with Gasteiger partial charge in [0.05, 0.1) is 11.4 Å². The van der Waals surface area contributed by atoms with Crippen LogP contribution in [-0.4, -0.2) is 5.91 Å². The Bertz CT molecular complexity index is 436. The van der Waals surface area contributed by atoms with Crippen LogP contribution < -0.4 is 11.1 Å². The van der Waals surface area contributed by atoms with Crippen LogP contribution in [0.25, 0.3) is 0 Å². The molecule has 1 aromatic rings. The molecule has 0 aromatic heterocycles. The minimum absolute atomic E-state index is 0.0718. The lowest BCUT2D eigenvalue weighted by molar-refractivity contribution is -0.116. The maximum Gasteiger partial charge on any atom is 0.224 e. The number of hydrogen-bond acceptors (Lipinski definition) is 2. The number of nitrogen functional groups attached to an aromatic ring is 1. The summed E-state index contributed by atoms with van der Waals surface area (Å²) >= 11 is 0. The first-order chi connectivity index (χ1) is 9.04. The number of rotatable bonds is 7. The smallest absolute Gasteiger partial charge is 0.224 e. The van der Waals surface area contributed by atoms with Gasteiger partial charge in [-0.15, -0.1) is 0 Å². The van der Waals surface area contributed by atoms with E-state index < -0.39 is 11.6 Å². The Labute approximate surface area is 112 Å². The number of halogens is 2. The normalized spacial score (nSPS) is 10.5. The van der Waals surface area contributed by atoms with Crippen molar-refractivity contribution in [1.29, 1.82) is 0 Å². The molecule has 0 aliphatic carbocycles. The average Bonchev–Trinajstić information content (AvgIpc) is 2.35. The first-order valence-corrected chi connectivity index (χ1v) is 6.59. The van der Waals surface area contributed by atoms with E-state index in [9.17, 15) is 13.6 Å². The van der Waals surface area contributed by atoms with Gasteiger partial charge in [0.15, 0.2) is 0 Å². The summed E-state index contributed by atoms with van der Waals surface area (Å²) in [7, 11) is 0. The van der Waals surface area contributed by atoms with Crippen LogP contribution in [-0.2, 0) is 4.79 Å². The van der Waals surface area contributed by atoms with E-state index in [0.717, 1.165) is 38.2 Å². The Morgan fingerprint density at radius 1 is 1.16 bits per heavy atom. The molecule has 0 atom stereocenters. The molecule has 0 saturated heterocycles. The van der Waals surface area contributed by atoms with Crippen LogP contribution >= 0.6 is 0 Å². The molecular weight excluding hydrogens is 250 g/mol. The number of unbranched alkanes of at least 4 members (excludes halogenated alkanes) is 4. The molecule has 0 radical (unpaired) electrons. The topological polar surface area (TPSA) is 55.1 Å².